The highest BCUT2D eigenvalue weighted by Gasteiger charge is 2.28. The largest absolute Gasteiger partial charge is 0.469 e. The first-order valence-electron chi connectivity index (χ1n) is 10.8. The number of guanidine groups is 1. The summed E-state index contributed by atoms with van der Waals surface area (Å²) in [5.41, 5.74) is 0.931. The number of nitrogens with one attached hydrogen (secondary N) is 1. The molecular weight excluding hydrogens is 514 g/mol. The van der Waals surface area contributed by atoms with Crippen LogP contribution in [0.15, 0.2) is 29.3 Å². The Morgan fingerprint density at radius 2 is 2.00 bits per heavy atom. The van der Waals surface area contributed by atoms with Crippen LogP contribution in [0, 0.1) is 11.7 Å². The summed E-state index contributed by atoms with van der Waals surface area (Å²) in [4.78, 5) is 21.2. The molecular formula is C22H34FIN4O3. The average molecular weight is 548 g/mol. The second-order valence-corrected chi connectivity index (χ2v) is 7.70. The predicted octanol–water partition coefficient (Wildman–Crippen LogP) is 2.67. The number of piperidine rings is 1. The molecule has 9 heteroatoms. The van der Waals surface area contributed by atoms with Gasteiger partial charge >= 0.3 is 5.97 Å². The van der Waals surface area contributed by atoms with Crippen molar-refractivity contribution in [2.75, 3.05) is 59.6 Å². The van der Waals surface area contributed by atoms with Crippen molar-refractivity contribution in [2.45, 2.75) is 25.8 Å². The molecule has 7 nitrogen and oxygen atoms in total. The summed E-state index contributed by atoms with van der Waals surface area (Å²) in [6.45, 7) is 7.81. The zero-order valence-corrected chi connectivity index (χ0v) is 20.7. The first-order chi connectivity index (χ1) is 14.6. The van der Waals surface area contributed by atoms with E-state index in [1.807, 2.05) is 13.0 Å². The zero-order valence-electron chi connectivity index (χ0n) is 18.4. The maximum absolute atomic E-state index is 13.9. The van der Waals surface area contributed by atoms with Gasteiger partial charge in [-0.05, 0) is 37.5 Å². The molecule has 0 aromatic heterocycles. The number of morpholine rings is 1. The number of carbonyl (C=O) groups is 1. The predicted molar refractivity (Wildman–Crippen MR) is 129 cm³/mol. The van der Waals surface area contributed by atoms with E-state index in [1.165, 1.54) is 13.2 Å². The minimum atomic E-state index is -0.230. The Morgan fingerprint density at radius 3 is 2.61 bits per heavy atom. The lowest BCUT2D eigenvalue weighted by atomic mass is 9.97. The number of benzene rings is 1. The molecule has 0 bridgehead atoms. The summed E-state index contributed by atoms with van der Waals surface area (Å²) in [5, 5.41) is 3.37. The summed E-state index contributed by atoms with van der Waals surface area (Å²) in [7, 11) is 1.44. The Bertz CT molecular complexity index is 722. The monoisotopic (exact) mass is 548 g/mol. The van der Waals surface area contributed by atoms with Gasteiger partial charge in [-0.3, -0.25) is 14.7 Å². The molecule has 1 unspecified atom stereocenters. The van der Waals surface area contributed by atoms with E-state index in [0.717, 1.165) is 57.1 Å². The number of rotatable bonds is 6. The Balaban J connectivity index is 0.00000341. The summed E-state index contributed by atoms with van der Waals surface area (Å²) in [6, 6.07) is 6.78. The van der Waals surface area contributed by atoms with E-state index >= 15 is 0 Å². The molecule has 174 valence electrons. The van der Waals surface area contributed by atoms with Crippen LogP contribution in [-0.4, -0.2) is 81.3 Å². The molecule has 0 amide bonds. The van der Waals surface area contributed by atoms with Crippen LogP contribution in [0.25, 0.3) is 0 Å². The first-order valence-corrected chi connectivity index (χ1v) is 10.8. The third-order valence-electron chi connectivity index (χ3n) is 5.80. The number of nitrogens with zero attached hydrogens (tertiary/aromatic N) is 3. The molecule has 1 aromatic carbocycles. The Kier molecular flexibility index (Phi) is 11.0. The fraction of sp³-hybridized carbons (Fsp3) is 0.636. The average Bonchev–Trinajstić information content (AvgIpc) is 2.79. The van der Waals surface area contributed by atoms with Gasteiger partial charge in [-0.2, -0.15) is 0 Å². The standard InChI is InChI=1S/C22H33FN4O3.HI/c1-3-24-22(27-9-7-17(8-10-27)21(28)29-2)25-16-20(26-11-13-30-14-12-26)18-5-4-6-19(23)15-18;/h4-6,15,17,20H,3,7-14,16H2,1-2H3,(H,24,25);1H. The zero-order chi connectivity index (χ0) is 21.3. The lowest BCUT2D eigenvalue weighted by molar-refractivity contribution is -0.146. The SMILES string of the molecule is CCNC(=NCC(c1cccc(F)c1)N1CCOCC1)N1CCC(C(=O)OC)CC1.I. The van der Waals surface area contributed by atoms with Crippen molar-refractivity contribution in [1.82, 2.24) is 15.1 Å². The summed E-state index contributed by atoms with van der Waals surface area (Å²) in [6.07, 6.45) is 1.52. The van der Waals surface area contributed by atoms with Gasteiger partial charge < -0.3 is 19.7 Å². The third-order valence-corrected chi connectivity index (χ3v) is 5.80. The number of methoxy groups -OCH3 is 1. The fourth-order valence-corrected chi connectivity index (χ4v) is 4.13. The number of likely N-dealkylation sites (tertiary alicyclic amines) is 1. The lowest BCUT2D eigenvalue weighted by Crippen LogP contribution is -2.47. The molecule has 2 fully saturated rings. The lowest BCUT2D eigenvalue weighted by Gasteiger charge is -2.35. The summed E-state index contributed by atoms with van der Waals surface area (Å²) >= 11 is 0. The van der Waals surface area contributed by atoms with Crippen LogP contribution in [0.1, 0.15) is 31.4 Å². The highest BCUT2D eigenvalue weighted by Crippen LogP contribution is 2.24. The van der Waals surface area contributed by atoms with Crippen molar-refractivity contribution >= 4 is 35.9 Å². The van der Waals surface area contributed by atoms with Gasteiger partial charge in [0, 0.05) is 32.7 Å². The van der Waals surface area contributed by atoms with Gasteiger partial charge in [0.25, 0.3) is 0 Å². The second kappa shape index (κ2) is 13.2. The Hall–Kier alpha value is -1.46. The molecule has 31 heavy (non-hydrogen) atoms. The van der Waals surface area contributed by atoms with Gasteiger partial charge in [-0.1, -0.05) is 12.1 Å². The minimum absolute atomic E-state index is 0. The molecule has 2 aliphatic heterocycles. The molecule has 1 aromatic rings. The van der Waals surface area contributed by atoms with Crippen molar-refractivity contribution in [3.05, 3.63) is 35.6 Å². The molecule has 2 aliphatic rings. The van der Waals surface area contributed by atoms with Crippen LogP contribution in [-0.2, 0) is 14.3 Å². The number of esters is 1. The van der Waals surface area contributed by atoms with Crippen LogP contribution in [0.4, 0.5) is 4.39 Å². The maximum Gasteiger partial charge on any atom is 0.308 e. The highest BCUT2D eigenvalue weighted by atomic mass is 127. The highest BCUT2D eigenvalue weighted by molar-refractivity contribution is 14.0. The van der Waals surface area contributed by atoms with E-state index in [2.05, 4.69) is 15.1 Å². The molecule has 0 saturated carbocycles. The van der Waals surface area contributed by atoms with E-state index in [1.54, 1.807) is 12.1 Å². The molecule has 2 saturated heterocycles. The van der Waals surface area contributed by atoms with Crippen LogP contribution >= 0.6 is 24.0 Å². The molecule has 0 aliphatic carbocycles. The van der Waals surface area contributed by atoms with Gasteiger partial charge in [0.2, 0.25) is 0 Å². The van der Waals surface area contributed by atoms with Crippen LogP contribution in [0.2, 0.25) is 0 Å². The number of ether oxygens (including phenoxy) is 2. The van der Waals surface area contributed by atoms with Crippen molar-refractivity contribution in [3.8, 4) is 0 Å². The number of hydrogen-bond donors (Lipinski definition) is 1. The number of hydrogen-bond acceptors (Lipinski definition) is 5. The Morgan fingerprint density at radius 1 is 1.29 bits per heavy atom. The smallest absolute Gasteiger partial charge is 0.308 e. The van der Waals surface area contributed by atoms with E-state index in [-0.39, 0.29) is 47.7 Å². The summed E-state index contributed by atoms with van der Waals surface area (Å²) < 4.78 is 24.3. The van der Waals surface area contributed by atoms with E-state index in [4.69, 9.17) is 14.5 Å². The van der Waals surface area contributed by atoms with Crippen molar-refractivity contribution in [3.63, 3.8) is 0 Å². The summed E-state index contributed by atoms with van der Waals surface area (Å²) in [5.74, 6) is 0.444. The maximum atomic E-state index is 13.9. The number of halogens is 2. The normalized spacial score (nSPS) is 19.5. The Labute approximate surface area is 201 Å². The molecule has 0 spiro atoms. The van der Waals surface area contributed by atoms with Gasteiger partial charge in [0.15, 0.2) is 5.96 Å². The number of aliphatic imine (C=N–C) groups is 1. The molecule has 3 rings (SSSR count). The van der Waals surface area contributed by atoms with E-state index in [0.29, 0.717) is 19.8 Å². The first kappa shape index (κ1) is 25.8. The third kappa shape index (κ3) is 7.28. The molecule has 1 atom stereocenters. The molecule has 1 N–H and O–H groups in total. The van der Waals surface area contributed by atoms with Gasteiger partial charge in [0.05, 0.1) is 38.8 Å². The van der Waals surface area contributed by atoms with Crippen LogP contribution < -0.4 is 5.32 Å². The van der Waals surface area contributed by atoms with Crippen molar-refractivity contribution in [1.29, 1.82) is 0 Å². The topological polar surface area (TPSA) is 66.4 Å². The van der Waals surface area contributed by atoms with E-state index < -0.39 is 0 Å². The van der Waals surface area contributed by atoms with Crippen LogP contribution in [0.3, 0.4) is 0 Å². The van der Waals surface area contributed by atoms with Gasteiger partial charge in [0.1, 0.15) is 5.82 Å². The van der Waals surface area contributed by atoms with Gasteiger partial charge in [-0.15, -0.1) is 24.0 Å². The van der Waals surface area contributed by atoms with E-state index in [9.17, 15) is 9.18 Å². The second-order valence-electron chi connectivity index (χ2n) is 7.70. The van der Waals surface area contributed by atoms with Crippen LogP contribution in [0.5, 0.6) is 0 Å². The van der Waals surface area contributed by atoms with Gasteiger partial charge in [-0.25, -0.2) is 4.39 Å². The number of carbonyl (C=O) groups excluding carboxylic acids is 1. The quantitative estimate of drug-likeness (QED) is 0.255. The molecule has 0 radical (unpaired) electrons. The van der Waals surface area contributed by atoms with Crippen molar-refractivity contribution in [2.24, 2.45) is 10.9 Å². The molecule has 2 heterocycles. The van der Waals surface area contributed by atoms with Crippen molar-refractivity contribution < 1.29 is 18.7 Å². The minimum Gasteiger partial charge on any atom is -0.469 e. The fourth-order valence-electron chi connectivity index (χ4n) is 4.13.